The van der Waals surface area contributed by atoms with Crippen LogP contribution in [0.5, 0.6) is 0 Å². The number of fused-ring (bicyclic) bond motifs is 2. The number of benzene rings is 3. The number of halogens is 1. The van der Waals surface area contributed by atoms with E-state index >= 15 is 0 Å². The molecule has 4 nitrogen and oxygen atoms in total. The summed E-state index contributed by atoms with van der Waals surface area (Å²) in [6.07, 6.45) is 0. The molecule has 0 aliphatic heterocycles. The topological polar surface area (TPSA) is 63.2 Å². The average molecular weight is 406 g/mol. The zero-order valence-corrected chi connectivity index (χ0v) is 15.0. The predicted molar refractivity (Wildman–Crippen MR) is 102 cm³/mol. The van der Waals surface area contributed by atoms with Crippen molar-refractivity contribution in [3.63, 3.8) is 0 Å². The van der Waals surface area contributed by atoms with E-state index in [1.807, 2.05) is 6.07 Å². The van der Waals surface area contributed by atoms with E-state index in [1.165, 1.54) is 0 Å². The van der Waals surface area contributed by atoms with Crippen molar-refractivity contribution in [3.05, 3.63) is 99.0 Å². The molecule has 1 aliphatic rings. The van der Waals surface area contributed by atoms with Crippen molar-refractivity contribution in [2.45, 2.75) is 0 Å². The minimum atomic E-state index is -0.339. The molecule has 5 heteroatoms. The fourth-order valence-corrected chi connectivity index (χ4v) is 3.58. The molecule has 126 valence electrons. The van der Waals surface area contributed by atoms with Crippen LogP contribution in [0.1, 0.15) is 42.2 Å². The van der Waals surface area contributed by atoms with Crippen LogP contribution >= 0.6 is 15.9 Å². The van der Waals surface area contributed by atoms with Gasteiger partial charge < -0.3 is 5.32 Å². The SMILES string of the molecule is O=C(Nc1ccc(Br)c2c1C(=O)c1ccccc1C2=O)c1ccccc1. The van der Waals surface area contributed by atoms with Crippen LogP contribution in [0.15, 0.2) is 71.2 Å². The smallest absolute Gasteiger partial charge is 0.255 e. The van der Waals surface area contributed by atoms with Gasteiger partial charge in [0.05, 0.1) is 16.8 Å². The summed E-state index contributed by atoms with van der Waals surface area (Å²) in [5.74, 6) is -0.855. The number of nitrogens with one attached hydrogen (secondary N) is 1. The highest BCUT2D eigenvalue weighted by Crippen LogP contribution is 2.36. The highest BCUT2D eigenvalue weighted by atomic mass is 79.9. The van der Waals surface area contributed by atoms with E-state index in [0.29, 0.717) is 26.9 Å². The Morgan fingerprint density at radius 3 is 1.96 bits per heavy atom. The number of hydrogen-bond donors (Lipinski definition) is 1. The van der Waals surface area contributed by atoms with E-state index < -0.39 is 0 Å². The van der Waals surface area contributed by atoms with E-state index in [1.54, 1.807) is 60.7 Å². The lowest BCUT2D eigenvalue weighted by Crippen LogP contribution is -2.24. The van der Waals surface area contributed by atoms with Gasteiger partial charge in [-0.25, -0.2) is 0 Å². The van der Waals surface area contributed by atoms with Crippen molar-refractivity contribution in [2.75, 3.05) is 5.32 Å². The Labute approximate surface area is 158 Å². The number of amides is 1. The number of carbonyl (C=O) groups excluding carboxylic acids is 3. The van der Waals surface area contributed by atoms with Gasteiger partial charge in [0, 0.05) is 21.2 Å². The molecular weight excluding hydrogens is 394 g/mol. The Morgan fingerprint density at radius 1 is 0.731 bits per heavy atom. The first-order valence-corrected chi connectivity index (χ1v) is 8.74. The molecule has 1 N–H and O–H groups in total. The quantitative estimate of drug-likeness (QED) is 0.534. The number of anilines is 1. The number of rotatable bonds is 2. The molecule has 3 aromatic rings. The lowest BCUT2D eigenvalue weighted by atomic mass is 9.83. The fourth-order valence-electron chi connectivity index (χ4n) is 3.07. The maximum atomic E-state index is 13.0. The second kappa shape index (κ2) is 6.35. The lowest BCUT2D eigenvalue weighted by Gasteiger charge is -2.21. The van der Waals surface area contributed by atoms with Crippen LogP contribution in [0.2, 0.25) is 0 Å². The van der Waals surface area contributed by atoms with E-state index in [4.69, 9.17) is 0 Å². The molecule has 0 bridgehead atoms. The van der Waals surface area contributed by atoms with Gasteiger partial charge >= 0.3 is 0 Å². The van der Waals surface area contributed by atoms with Gasteiger partial charge in [0.2, 0.25) is 0 Å². The van der Waals surface area contributed by atoms with Gasteiger partial charge in [0.1, 0.15) is 0 Å². The van der Waals surface area contributed by atoms with Crippen LogP contribution in [0, 0.1) is 0 Å². The second-order valence-electron chi connectivity index (χ2n) is 5.87. The van der Waals surface area contributed by atoms with Crippen LogP contribution in [-0.2, 0) is 0 Å². The summed E-state index contributed by atoms with van der Waals surface area (Å²) >= 11 is 3.36. The Morgan fingerprint density at radius 2 is 1.31 bits per heavy atom. The van der Waals surface area contributed by atoms with Crippen LogP contribution in [-0.4, -0.2) is 17.5 Å². The normalized spacial score (nSPS) is 12.3. The molecule has 0 atom stereocenters. The van der Waals surface area contributed by atoms with E-state index in [2.05, 4.69) is 21.2 Å². The maximum absolute atomic E-state index is 13.0. The van der Waals surface area contributed by atoms with Crippen molar-refractivity contribution in [1.29, 1.82) is 0 Å². The molecular formula is C21H12BrNO3. The Hall–Kier alpha value is -3.05. The molecule has 3 aromatic carbocycles. The maximum Gasteiger partial charge on any atom is 0.255 e. The molecule has 4 rings (SSSR count). The van der Waals surface area contributed by atoms with Crippen molar-refractivity contribution >= 4 is 39.1 Å². The predicted octanol–water partition coefficient (Wildman–Crippen LogP) is 4.48. The third kappa shape index (κ3) is 2.57. The van der Waals surface area contributed by atoms with Crippen molar-refractivity contribution in [3.8, 4) is 0 Å². The highest BCUT2D eigenvalue weighted by Gasteiger charge is 2.33. The van der Waals surface area contributed by atoms with Gasteiger partial charge in [0.25, 0.3) is 5.91 Å². The first kappa shape index (κ1) is 16.4. The van der Waals surface area contributed by atoms with Crippen LogP contribution in [0.3, 0.4) is 0 Å². The molecule has 1 amide bonds. The van der Waals surface area contributed by atoms with Gasteiger partial charge in [-0.15, -0.1) is 0 Å². The van der Waals surface area contributed by atoms with Gasteiger partial charge in [0.15, 0.2) is 11.6 Å². The average Bonchev–Trinajstić information content (AvgIpc) is 2.68. The third-order valence-corrected chi connectivity index (χ3v) is 4.97. The number of hydrogen-bond acceptors (Lipinski definition) is 3. The van der Waals surface area contributed by atoms with Crippen LogP contribution in [0.25, 0.3) is 0 Å². The van der Waals surface area contributed by atoms with E-state index in [0.717, 1.165) is 0 Å². The minimum absolute atomic E-state index is 0.215. The van der Waals surface area contributed by atoms with Crippen molar-refractivity contribution in [2.24, 2.45) is 0 Å². The van der Waals surface area contributed by atoms with Crippen molar-refractivity contribution < 1.29 is 14.4 Å². The first-order valence-electron chi connectivity index (χ1n) is 7.95. The Balaban J connectivity index is 1.84. The summed E-state index contributed by atoms with van der Waals surface area (Å²) in [6, 6.07) is 18.7. The molecule has 26 heavy (non-hydrogen) atoms. The highest BCUT2D eigenvalue weighted by molar-refractivity contribution is 9.10. The van der Waals surface area contributed by atoms with Gasteiger partial charge in [-0.2, -0.15) is 0 Å². The zero-order chi connectivity index (χ0) is 18.3. The van der Waals surface area contributed by atoms with Gasteiger partial charge in [-0.05, 0) is 24.3 Å². The minimum Gasteiger partial charge on any atom is -0.321 e. The summed E-state index contributed by atoms with van der Waals surface area (Å²) in [6.45, 7) is 0. The van der Waals surface area contributed by atoms with E-state index in [9.17, 15) is 14.4 Å². The Bertz CT molecular complexity index is 1070. The lowest BCUT2D eigenvalue weighted by molar-refractivity contribution is 0.0978. The van der Waals surface area contributed by atoms with Crippen LogP contribution < -0.4 is 5.32 Å². The molecule has 0 aromatic heterocycles. The monoisotopic (exact) mass is 405 g/mol. The summed E-state index contributed by atoms with van der Waals surface area (Å²) < 4.78 is 0.526. The van der Waals surface area contributed by atoms with Crippen LogP contribution in [0.4, 0.5) is 5.69 Å². The molecule has 0 spiro atoms. The van der Waals surface area contributed by atoms with E-state index in [-0.39, 0.29) is 28.6 Å². The Kier molecular flexibility index (Phi) is 4.01. The second-order valence-corrected chi connectivity index (χ2v) is 6.72. The van der Waals surface area contributed by atoms with Gasteiger partial charge in [-0.3, -0.25) is 14.4 Å². The summed E-state index contributed by atoms with van der Waals surface area (Å²) in [5.41, 5.74) is 2.01. The molecule has 1 aliphatic carbocycles. The summed E-state index contributed by atoms with van der Waals surface area (Å²) in [5, 5.41) is 2.76. The van der Waals surface area contributed by atoms with Gasteiger partial charge in [-0.1, -0.05) is 58.4 Å². The molecule has 0 heterocycles. The van der Waals surface area contributed by atoms with Crippen molar-refractivity contribution in [1.82, 2.24) is 0 Å². The molecule has 0 unspecified atom stereocenters. The number of ketones is 2. The summed E-state index contributed by atoms with van der Waals surface area (Å²) in [7, 11) is 0. The number of carbonyl (C=O) groups is 3. The largest absolute Gasteiger partial charge is 0.321 e. The molecule has 0 saturated heterocycles. The fraction of sp³-hybridized carbons (Fsp3) is 0. The molecule has 0 radical (unpaired) electrons. The molecule has 0 saturated carbocycles. The zero-order valence-electron chi connectivity index (χ0n) is 13.5. The standard InChI is InChI=1S/C21H12BrNO3/c22-15-10-11-16(23-21(26)12-6-2-1-3-7-12)18-17(15)19(24)13-8-4-5-9-14(13)20(18)25/h1-11H,(H,23,26). The first-order chi connectivity index (χ1) is 12.6. The molecule has 0 fully saturated rings. The summed E-state index contributed by atoms with van der Waals surface area (Å²) in [4.78, 5) is 38.4. The third-order valence-electron chi connectivity index (χ3n) is 4.31.